The summed E-state index contributed by atoms with van der Waals surface area (Å²) in [7, 11) is 0. The predicted octanol–water partition coefficient (Wildman–Crippen LogP) is 1.73. The van der Waals surface area contributed by atoms with Crippen LogP contribution in [0.15, 0.2) is 0 Å². The van der Waals surface area contributed by atoms with Crippen LogP contribution in [0.3, 0.4) is 0 Å². The SMILES string of the molecule is CC(C)CC(N)(CN)CC(C)C. The third-order valence-corrected chi connectivity index (χ3v) is 2.04. The Morgan fingerprint density at radius 2 is 1.33 bits per heavy atom. The quantitative estimate of drug-likeness (QED) is 0.663. The van der Waals surface area contributed by atoms with Gasteiger partial charge in [-0.15, -0.1) is 0 Å². The lowest BCUT2D eigenvalue weighted by Crippen LogP contribution is -2.48. The van der Waals surface area contributed by atoms with Crippen LogP contribution in [0.4, 0.5) is 0 Å². The monoisotopic (exact) mass is 172 g/mol. The molecule has 0 rings (SSSR count). The van der Waals surface area contributed by atoms with Gasteiger partial charge in [-0.2, -0.15) is 0 Å². The molecule has 0 aliphatic heterocycles. The summed E-state index contributed by atoms with van der Waals surface area (Å²) in [6, 6.07) is 0. The molecule has 0 fully saturated rings. The first-order valence-electron chi connectivity index (χ1n) is 4.88. The summed E-state index contributed by atoms with van der Waals surface area (Å²) < 4.78 is 0. The van der Waals surface area contributed by atoms with Crippen molar-refractivity contribution in [3.8, 4) is 0 Å². The zero-order chi connectivity index (χ0) is 9.78. The van der Waals surface area contributed by atoms with Gasteiger partial charge in [-0.3, -0.25) is 0 Å². The van der Waals surface area contributed by atoms with Crippen LogP contribution >= 0.6 is 0 Å². The Kier molecular flexibility index (Phi) is 4.80. The Balaban J connectivity index is 4.04. The van der Waals surface area contributed by atoms with E-state index in [2.05, 4.69) is 27.7 Å². The van der Waals surface area contributed by atoms with Crippen LogP contribution in [0.5, 0.6) is 0 Å². The van der Waals surface area contributed by atoms with Crippen LogP contribution in [0.1, 0.15) is 40.5 Å². The van der Waals surface area contributed by atoms with Crippen molar-refractivity contribution in [3.63, 3.8) is 0 Å². The van der Waals surface area contributed by atoms with Gasteiger partial charge in [0.15, 0.2) is 0 Å². The second-order valence-electron chi connectivity index (χ2n) is 4.76. The summed E-state index contributed by atoms with van der Waals surface area (Å²) in [6.07, 6.45) is 2.06. The minimum atomic E-state index is -0.137. The smallest absolute Gasteiger partial charge is 0.0283 e. The van der Waals surface area contributed by atoms with Crippen molar-refractivity contribution in [2.75, 3.05) is 6.54 Å². The zero-order valence-electron chi connectivity index (χ0n) is 8.93. The summed E-state index contributed by atoms with van der Waals surface area (Å²) in [4.78, 5) is 0. The molecule has 4 N–H and O–H groups in total. The molecule has 2 nitrogen and oxygen atoms in total. The lowest BCUT2D eigenvalue weighted by molar-refractivity contribution is 0.292. The van der Waals surface area contributed by atoms with Crippen LogP contribution in [-0.2, 0) is 0 Å². The van der Waals surface area contributed by atoms with Crippen molar-refractivity contribution in [1.29, 1.82) is 0 Å². The Hall–Kier alpha value is -0.0800. The molecule has 0 radical (unpaired) electrons. The molecule has 0 unspecified atom stereocenters. The molecule has 0 aromatic carbocycles. The van der Waals surface area contributed by atoms with E-state index in [1.54, 1.807) is 0 Å². The third kappa shape index (κ3) is 4.73. The first kappa shape index (κ1) is 11.9. The highest BCUT2D eigenvalue weighted by Crippen LogP contribution is 2.21. The largest absolute Gasteiger partial charge is 0.329 e. The number of hydrogen-bond acceptors (Lipinski definition) is 2. The summed E-state index contributed by atoms with van der Waals surface area (Å²) in [5.41, 5.74) is 11.7. The first-order chi connectivity index (χ1) is 5.39. The minimum absolute atomic E-state index is 0.137. The highest BCUT2D eigenvalue weighted by Gasteiger charge is 2.25. The second kappa shape index (κ2) is 4.83. The topological polar surface area (TPSA) is 52.0 Å². The molecule has 0 aromatic rings. The summed E-state index contributed by atoms with van der Waals surface area (Å²) in [5, 5.41) is 0. The minimum Gasteiger partial charge on any atom is -0.329 e. The van der Waals surface area contributed by atoms with E-state index in [-0.39, 0.29) is 5.54 Å². The Morgan fingerprint density at radius 3 is 1.50 bits per heavy atom. The van der Waals surface area contributed by atoms with Crippen molar-refractivity contribution in [2.45, 2.75) is 46.1 Å². The molecule has 2 heteroatoms. The Morgan fingerprint density at radius 1 is 1.00 bits per heavy atom. The average Bonchev–Trinajstić information content (AvgIpc) is 1.83. The fourth-order valence-corrected chi connectivity index (χ4v) is 1.88. The molecule has 0 amide bonds. The van der Waals surface area contributed by atoms with E-state index in [1.807, 2.05) is 0 Å². The van der Waals surface area contributed by atoms with Gasteiger partial charge in [-0.1, -0.05) is 27.7 Å². The molecular weight excluding hydrogens is 148 g/mol. The van der Waals surface area contributed by atoms with Crippen LogP contribution in [0.2, 0.25) is 0 Å². The van der Waals surface area contributed by atoms with E-state index in [9.17, 15) is 0 Å². The van der Waals surface area contributed by atoms with Gasteiger partial charge < -0.3 is 11.5 Å². The number of hydrogen-bond donors (Lipinski definition) is 2. The number of nitrogens with two attached hydrogens (primary N) is 2. The molecule has 0 spiro atoms. The van der Waals surface area contributed by atoms with E-state index in [1.165, 1.54) is 0 Å². The van der Waals surface area contributed by atoms with Gasteiger partial charge in [0.25, 0.3) is 0 Å². The molecule has 0 saturated heterocycles. The highest BCUT2D eigenvalue weighted by atomic mass is 14.8. The van der Waals surface area contributed by atoms with Gasteiger partial charge >= 0.3 is 0 Å². The summed E-state index contributed by atoms with van der Waals surface area (Å²) in [5.74, 6) is 1.27. The molecular formula is C10H24N2. The van der Waals surface area contributed by atoms with Crippen molar-refractivity contribution in [3.05, 3.63) is 0 Å². The van der Waals surface area contributed by atoms with E-state index in [4.69, 9.17) is 11.5 Å². The van der Waals surface area contributed by atoms with E-state index in [0.29, 0.717) is 18.4 Å². The van der Waals surface area contributed by atoms with Crippen LogP contribution < -0.4 is 11.5 Å². The Bertz CT molecular complexity index is 109. The molecule has 0 heterocycles. The second-order valence-corrected chi connectivity index (χ2v) is 4.76. The van der Waals surface area contributed by atoms with Crippen molar-refractivity contribution in [2.24, 2.45) is 23.3 Å². The van der Waals surface area contributed by atoms with Gasteiger partial charge in [-0.05, 0) is 24.7 Å². The molecule has 0 aliphatic carbocycles. The first-order valence-corrected chi connectivity index (χ1v) is 4.88. The maximum atomic E-state index is 6.17. The fourth-order valence-electron chi connectivity index (χ4n) is 1.88. The molecule has 0 aliphatic rings. The standard InChI is InChI=1S/C10H24N2/c1-8(2)5-10(12,7-11)6-9(3)4/h8-9H,5-7,11-12H2,1-4H3. The molecule has 0 bridgehead atoms. The van der Waals surface area contributed by atoms with Crippen molar-refractivity contribution >= 4 is 0 Å². The molecule has 74 valence electrons. The third-order valence-electron chi connectivity index (χ3n) is 2.04. The normalized spacial score (nSPS) is 13.0. The van der Waals surface area contributed by atoms with E-state index < -0.39 is 0 Å². The van der Waals surface area contributed by atoms with Crippen LogP contribution in [0.25, 0.3) is 0 Å². The van der Waals surface area contributed by atoms with Gasteiger partial charge in [0.2, 0.25) is 0 Å². The van der Waals surface area contributed by atoms with E-state index >= 15 is 0 Å². The Labute approximate surface area is 76.7 Å². The lowest BCUT2D eigenvalue weighted by Gasteiger charge is -2.31. The van der Waals surface area contributed by atoms with Crippen LogP contribution in [-0.4, -0.2) is 12.1 Å². The molecule has 0 aromatic heterocycles. The zero-order valence-corrected chi connectivity index (χ0v) is 8.93. The maximum Gasteiger partial charge on any atom is 0.0283 e. The summed E-state index contributed by atoms with van der Waals surface area (Å²) >= 11 is 0. The van der Waals surface area contributed by atoms with Crippen molar-refractivity contribution < 1.29 is 0 Å². The highest BCUT2D eigenvalue weighted by molar-refractivity contribution is 4.86. The van der Waals surface area contributed by atoms with Crippen molar-refractivity contribution in [1.82, 2.24) is 0 Å². The molecule has 12 heavy (non-hydrogen) atoms. The average molecular weight is 172 g/mol. The number of rotatable bonds is 5. The van der Waals surface area contributed by atoms with Gasteiger partial charge in [-0.25, -0.2) is 0 Å². The van der Waals surface area contributed by atoms with Gasteiger partial charge in [0, 0.05) is 12.1 Å². The van der Waals surface area contributed by atoms with Gasteiger partial charge in [0.05, 0.1) is 0 Å². The maximum absolute atomic E-state index is 6.17. The fraction of sp³-hybridized carbons (Fsp3) is 1.00. The lowest BCUT2D eigenvalue weighted by atomic mass is 9.83. The van der Waals surface area contributed by atoms with E-state index in [0.717, 1.165) is 12.8 Å². The predicted molar refractivity (Wildman–Crippen MR) is 54.9 cm³/mol. The summed E-state index contributed by atoms with van der Waals surface area (Å²) in [6.45, 7) is 9.37. The van der Waals surface area contributed by atoms with Gasteiger partial charge in [0.1, 0.15) is 0 Å². The van der Waals surface area contributed by atoms with Crippen LogP contribution in [0, 0.1) is 11.8 Å². The molecule has 0 saturated carbocycles. The molecule has 0 atom stereocenters.